The van der Waals surface area contributed by atoms with Gasteiger partial charge in [-0.1, -0.05) is 0 Å². The van der Waals surface area contributed by atoms with Crippen molar-refractivity contribution in [3.05, 3.63) is 0 Å². The van der Waals surface area contributed by atoms with Crippen molar-refractivity contribution in [2.45, 2.75) is 24.3 Å². The molecule has 4 nitrogen and oxygen atoms in total. The van der Waals surface area contributed by atoms with Gasteiger partial charge in [0.2, 0.25) is 0 Å². The average molecular weight is 275 g/mol. The highest BCUT2D eigenvalue weighted by Crippen LogP contribution is 2.30. The van der Waals surface area contributed by atoms with E-state index < -0.39 is 29.8 Å². The predicted molar refractivity (Wildman–Crippen MR) is 51.4 cm³/mol. The van der Waals surface area contributed by atoms with Crippen LogP contribution < -0.4 is 5.32 Å². The molecule has 0 aromatic rings. The molecule has 1 aliphatic heterocycles. The lowest BCUT2D eigenvalue weighted by atomic mass is 9.99. The first-order valence-corrected chi connectivity index (χ1v) is 5.67. The summed E-state index contributed by atoms with van der Waals surface area (Å²) in [5, 5.41) is 10.4. The molecule has 0 aromatic heterocycles. The number of rotatable bonds is 4. The van der Waals surface area contributed by atoms with Crippen LogP contribution in [-0.4, -0.2) is 46.4 Å². The number of carboxylic acid groups (broad SMARTS) is 1. The highest BCUT2D eigenvalue weighted by Gasteiger charge is 2.53. The Labute approximate surface area is 97.7 Å². The molecular formula is C8H9F4NO3S. The Morgan fingerprint density at radius 1 is 1.41 bits per heavy atom. The number of carbonyl (C=O) groups excluding carboxylic acids is 1. The molecule has 2 N–H and O–H groups in total. The summed E-state index contributed by atoms with van der Waals surface area (Å²) in [7, 11) is 0. The third kappa shape index (κ3) is 2.64. The number of halogens is 4. The SMILES string of the molecule is O=C(O)C1(NC(=O)C(F)(F)C(F)F)CCSC1. The van der Waals surface area contributed by atoms with Crippen LogP contribution in [0.25, 0.3) is 0 Å². The number of aliphatic carboxylic acids is 1. The number of carbonyl (C=O) groups is 2. The maximum Gasteiger partial charge on any atom is 0.383 e. The molecule has 1 heterocycles. The first kappa shape index (κ1) is 14.1. The zero-order valence-corrected chi connectivity index (χ0v) is 9.20. The van der Waals surface area contributed by atoms with Crippen molar-refractivity contribution in [1.29, 1.82) is 0 Å². The number of hydrogen-bond donors (Lipinski definition) is 2. The molecule has 1 rings (SSSR count). The molecule has 1 aliphatic rings. The minimum atomic E-state index is -4.88. The van der Waals surface area contributed by atoms with E-state index >= 15 is 0 Å². The minimum absolute atomic E-state index is 0.0714. The third-order valence-corrected chi connectivity index (χ3v) is 3.55. The van der Waals surface area contributed by atoms with Crippen LogP contribution in [0.4, 0.5) is 17.6 Å². The Hall–Kier alpha value is -0.990. The van der Waals surface area contributed by atoms with Gasteiger partial charge in [0.1, 0.15) is 5.54 Å². The standard InChI is InChI=1S/C8H9F4NO3S/c9-4(10)8(11,12)5(14)13-7(6(15)16)1-2-17-3-7/h4H,1-3H2,(H,13,14)(H,15,16). The third-order valence-electron chi connectivity index (χ3n) is 2.36. The van der Waals surface area contributed by atoms with Crippen LogP contribution in [0.3, 0.4) is 0 Å². The Balaban J connectivity index is 2.82. The summed E-state index contributed by atoms with van der Waals surface area (Å²) in [5.41, 5.74) is -1.87. The molecule has 98 valence electrons. The number of nitrogens with one attached hydrogen (secondary N) is 1. The minimum Gasteiger partial charge on any atom is -0.479 e. The van der Waals surface area contributed by atoms with Crippen molar-refractivity contribution in [3.8, 4) is 0 Å². The fourth-order valence-corrected chi connectivity index (χ4v) is 2.61. The van der Waals surface area contributed by atoms with Crippen molar-refractivity contribution in [2.75, 3.05) is 11.5 Å². The maximum atomic E-state index is 12.7. The molecule has 0 aromatic carbocycles. The van der Waals surface area contributed by atoms with E-state index in [1.807, 2.05) is 0 Å². The number of alkyl halides is 4. The van der Waals surface area contributed by atoms with Gasteiger partial charge in [-0.15, -0.1) is 0 Å². The van der Waals surface area contributed by atoms with Crippen LogP contribution in [0.1, 0.15) is 6.42 Å². The van der Waals surface area contributed by atoms with E-state index in [1.165, 1.54) is 5.32 Å². The van der Waals surface area contributed by atoms with Gasteiger partial charge >= 0.3 is 18.3 Å². The molecule has 1 saturated heterocycles. The summed E-state index contributed by atoms with van der Waals surface area (Å²) in [6, 6.07) is 0. The van der Waals surface area contributed by atoms with Gasteiger partial charge in [0, 0.05) is 5.75 Å². The molecule has 0 saturated carbocycles. The molecule has 1 unspecified atom stereocenters. The first-order chi connectivity index (χ1) is 7.72. The number of hydrogen-bond acceptors (Lipinski definition) is 3. The summed E-state index contributed by atoms with van der Waals surface area (Å²) in [4.78, 5) is 21.9. The van der Waals surface area contributed by atoms with E-state index in [0.29, 0.717) is 5.75 Å². The monoisotopic (exact) mass is 275 g/mol. The summed E-state index contributed by atoms with van der Waals surface area (Å²) in [6.07, 6.45) is -4.24. The van der Waals surface area contributed by atoms with Crippen molar-refractivity contribution >= 4 is 23.6 Å². The van der Waals surface area contributed by atoms with Crippen molar-refractivity contribution in [1.82, 2.24) is 5.32 Å². The number of carboxylic acids is 1. The highest BCUT2D eigenvalue weighted by molar-refractivity contribution is 7.99. The van der Waals surface area contributed by atoms with Crippen LogP contribution >= 0.6 is 11.8 Å². The zero-order chi connectivity index (χ0) is 13.3. The summed E-state index contributed by atoms with van der Waals surface area (Å²) in [6.45, 7) is 0. The molecular weight excluding hydrogens is 266 g/mol. The van der Waals surface area contributed by atoms with Crippen LogP contribution in [0, 0.1) is 0 Å². The quantitative estimate of drug-likeness (QED) is 0.750. The highest BCUT2D eigenvalue weighted by atomic mass is 32.2. The summed E-state index contributed by atoms with van der Waals surface area (Å²) >= 11 is 1.14. The molecule has 17 heavy (non-hydrogen) atoms. The molecule has 0 radical (unpaired) electrons. The molecule has 0 bridgehead atoms. The maximum absolute atomic E-state index is 12.7. The topological polar surface area (TPSA) is 66.4 Å². The van der Waals surface area contributed by atoms with Gasteiger partial charge in [0.15, 0.2) is 0 Å². The molecule has 1 amide bonds. The molecule has 9 heteroatoms. The lowest BCUT2D eigenvalue weighted by molar-refractivity contribution is -0.173. The Morgan fingerprint density at radius 2 is 2.00 bits per heavy atom. The molecule has 1 fully saturated rings. The van der Waals surface area contributed by atoms with Gasteiger partial charge in [-0.25, -0.2) is 13.6 Å². The van der Waals surface area contributed by atoms with Crippen molar-refractivity contribution < 1.29 is 32.3 Å². The molecule has 1 atom stereocenters. The first-order valence-electron chi connectivity index (χ1n) is 4.52. The molecule has 0 spiro atoms. The average Bonchev–Trinajstić information content (AvgIpc) is 2.67. The van der Waals surface area contributed by atoms with Gasteiger partial charge in [0.25, 0.3) is 5.91 Å². The second kappa shape index (κ2) is 4.71. The second-order valence-electron chi connectivity index (χ2n) is 3.57. The van der Waals surface area contributed by atoms with Crippen LogP contribution in [-0.2, 0) is 9.59 Å². The Kier molecular flexibility index (Phi) is 3.90. The lowest BCUT2D eigenvalue weighted by Gasteiger charge is -2.26. The van der Waals surface area contributed by atoms with Crippen molar-refractivity contribution in [3.63, 3.8) is 0 Å². The van der Waals surface area contributed by atoms with Gasteiger partial charge < -0.3 is 10.4 Å². The van der Waals surface area contributed by atoms with Crippen LogP contribution in [0.15, 0.2) is 0 Å². The van der Waals surface area contributed by atoms with Gasteiger partial charge in [0.05, 0.1) is 0 Å². The van der Waals surface area contributed by atoms with Crippen LogP contribution in [0.2, 0.25) is 0 Å². The molecule has 0 aliphatic carbocycles. The predicted octanol–water partition coefficient (Wildman–Crippen LogP) is 0.963. The number of amides is 1. The van der Waals surface area contributed by atoms with E-state index in [4.69, 9.17) is 5.11 Å². The Bertz CT molecular complexity index is 331. The van der Waals surface area contributed by atoms with E-state index in [1.54, 1.807) is 0 Å². The van der Waals surface area contributed by atoms with Crippen molar-refractivity contribution in [2.24, 2.45) is 0 Å². The summed E-state index contributed by atoms with van der Waals surface area (Å²) in [5.74, 6) is -8.39. The summed E-state index contributed by atoms with van der Waals surface area (Å²) < 4.78 is 49.1. The van der Waals surface area contributed by atoms with E-state index in [2.05, 4.69) is 0 Å². The van der Waals surface area contributed by atoms with E-state index in [0.717, 1.165) is 11.8 Å². The fourth-order valence-electron chi connectivity index (χ4n) is 1.29. The zero-order valence-electron chi connectivity index (χ0n) is 8.38. The van der Waals surface area contributed by atoms with Gasteiger partial charge in [-0.05, 0) is 12.2 Å². The van der Waals surface area contributed by atoms with Gasteiger partial charge in [-0.3, -0.25) is 4.79 Å². The lowest BCUT2D eigenvalue weighted by Crippen LogP contribution is -2.60. The smallest absolute Gasteiger partial charge is 0.383 e. The van der Waals surface area contributed by atoms with E-state index in [-0.39, 0.29) is 12.2 Å². The largest absolute Gasteiger partial charge is 0.479 e. The Morgan fingerprint density at radius 3 is 2.35 bits per heavy atom. The second-order valence-corrected chi connectivity index (χ2v) is 4.67. The van der Waals surface area contributed by atoms with E-state index in [9.17, 15) is 27.2 Å². The normalized spacial score (nSPS) is 25.0. The number of thioether (sulfide) groups is 1. The van der Waals surface area contributed by atoms with Gasteiger partial charge in [-0.2, -0.15) is 20.5 Å². The fraction of sp³-hybridized carbons (Fsp3) is 0.750. The van der Waals surface area contributed by atoms with Crippen LogP contribution in [0.5, 0.6) is 0 Å².